The van der Waals surface area contributed by atoms with Crippen molar-refractivity contribution in [2.24, 2.45) is 5.73 Å². The van der Waals surface area contributed by atoms with Crippen LogP contribution in [0.5, 0.6) is 5.75 Å². The molecule has 0 aromatic heterocycles. The normalized spacial score (nSPS) is 14.1. The number of ether oxygens (including phenoxy) is 1. The molecule has 1 aromatic rings. The lowest BCUT2D eigenvalue weighted by atomic mass is 10.2. The maximum absolute atomic E-state index is 13.0. The van der Waals surface area contributed by atoms with Gasteiger partial charge in [-0.05, 0) is 25.1 Å². The van der Waals surface area contributed by atoms with Gasteiger partial charge in [-0.3, -0.25) is 4.79 Å². The van der Waals surface area contributed by atoms with Crippen LogP contribution in [0.15, 0.2) is 18.2 Å². The summed E-state index contributed by atoms with van der Waals surface area (Å²) in [4.78, 5) is 13.6. The molecule has 92 valence electrons. The van der Waals surface area contributed by atoms with E-state index >= 15 is 0 Å². The Kier molecular flexibility index (Phi) is 3.58. The molecule has 0 unspecified atom stereocenters. The molecule has 0 saturated heterocycles. The second kappa shape index (κ2) is 5.14. The largest absolute Gasteiger partial charge is 0.489 e. The molecule has 4 nitrogen and oxygen atoms in total. The Hall–Kier alpha value is -1.62. The van der Waals surface area contributed by atoms with Crippen LogP contribution in [0.25, 0.3) is 0 Å². The van der Waals surface area contributed by atoms with E-state index in [1.54, 1.807) is 11.0 Å². The predicted octanol–water partition coefficient (Wildman–Crippen LogP) is 1.29. The number of hydrogen-bond acceptors (Lipinski definition) is 3. The number of fused-ring (bicyclic) bond motifs is 1. The quantitative estimate of drug-likeness (QED) is 0.863. The number of nitrogens with two attached hydrogens (primary N) is 1. The molecular weight excluding hydrogens is 223 g/mol. The lowest BCUT2D eigenvalue weighted by Gasteiger charge is -2.29. The van der Waals surface area contributed by atoms with Gasteiger partial charge in [0.1, 0.15) is 18.2 Å². The molecule has 0 radical (unpaired) electrons. The van der Waals surface area contributed by atoms with Crippen molar-refractivity contribution < 1.29 is 13.9 Å². The first kappa shape index (κ1) is 11.9. The fraction of sp³-hybridized carbons (Fsp3) is 0.417. The monoisotopic (exact) mass is 238 g/mol. The van der Waals surface area contributed by atoms with Crippen LogP contribution >= 0.6 is 0 Å². The Labute approximate surface area is 99.2 Å². The average molecular weight is 238 g/mol. The number of nitrogens with zero attached hydrogens (tertiary/aromatic N) is 1. The first-order chi connectivity index (χ1) is 8.22. The van der Waals surface area contributed by atoms with E-state index in [2.05, 4.69) is 0 Å². The summed E-state index contributed by atoms with van der Waals surface area (Å²) in [5, 5.41) is 0. The topological polar surface area (TPSA) is 55.6 Å². The summed E-state index contributed by atoms with van der Waals surface area (Å²) < 4.78 is 18.4. The van der Waals surface area contributed by atoms with Crippen molar-refractivity contribution in [2.45, 2.75) is 12.8 Å². The molecule has 17 heavy (non-hydrogen) atoms. The predicted molar refractivity (Wildman–Crippen MR) is 62.5 cm³/mol. The maximum atomic E-state index is 13.0. The van der Waals surface area contributed by atoms with E-state index in [1.165, 1.54) is 12.1 Å². The van der Waals surface area contributed by atoms with E-state index in [0.29, 0.717) is 44.0 Å². The average Bonchev–Trinajstić information content (AvgIpc) is 2.34. The zero-order chi connectivity index (χ0) is 12.3. The van der Waals surface area contributed by atoms with Crippen LogP contribution in [0.3, 0.4) is 0 Å². The van der Waals surface area contributed by atoms with Gasteiger partial charge in [0, 0.05) is 12.5 Å². The first-order valence-corrected chi connectivity index (χ1v) is 5.65. The van der Waals surface area contributed by atoms with Crippen LogP contribution in [0, 0.1) is 5.82 Å². The summed E-state index contributed by atoms with van der Waals surface area (Å²) in [5.74, 6) is 0.0731. The molecule has 0 bridgehead atoms. The Morgan fingerprint density at radius 2 is 2.35 bits per heavy atom. The minimum atomic E-state index is -0.361. The molecule has 5 heteroatoms. The lowest BCUT2D eigenvalue weighted by Crippen LogP contribution is -2.38. The Morgan fingerprint density at radius 1 is 1.53 bits per heavy atom. The number of hydrogen-bond donors (Lipinski definition) is 1. The highest BCUT2D eigenvalue weighted by Crippen LogP contribution is 2.32. The van der Waals surface area contributed by atoms with Crippen LogP contribution in [0.2, 0.25) is 0 Å². The highest BCUT2D eigenvalue weighted by atomic mass is 19.1. The van der Waals surface area contributed by atoms with E-state index in [-0.39, 0.29) is 11.7 Å². The van der Waals surface area contributed by atoms with Crippen molar-refractivity contribution in [1.82, 2.24) is 0 Å². The van der Waals surface area contributed by atoms with E-state index in [4.69, 9.17) is 10.5 Å². The van der Waals surface area contributed by atoms with Gasteiger partial charge in [-0.15, -0.1) is 0 Å². The van der Waals surface area contributed by atoms with E-state index in [1.807, 2.05) is 0 Å². The summed E-state index contributed by atoms with van der Waals surface area (Å²) in [5.41, 5.74) is 6.01. The van der Waals surface area contributed by atoms with Crippen LogP contribution in [-0.2, 0) is 4.79 Å². The van der Waals surface area contributed by atoms with Gasteiger partial charge < -0.3 is 15.4 Å². The molecule has 0 fully saturated rings. The highest BCUT2D eigenvalue weighted by molar-refractivity contribution is 5.95. The molecule has 2 rings (SSSR count). The summed E-state index contributed by atoms with van der Waals surface area (Å²) >= 11 is 0. The number of benzene rings is 1. The standard InChI is InChI=1S/C12H15FN2O2/c13-9-3-4-10-11(8-9)17-7-6-15(10)12(16)2-1-5-14/h3-4,8H,1-2,5-7,14H2. The number of amides is 1. The van der Waals surface area contributed by atoms with Gasteiger partial charge in [-0.1, -0.05) is 0 Å². The summed E-state index contributed by atoms with van der Waals surface area (Å²) in [6.07, 6.45) is 1.07. The summed E-state index contributed by atoms with van der Waals surface area (Å²) in [6.45, 7) is 1.39. The summed E-state index contributed by atoms with van der Waals surface area (Å²) in [7, 11) is 0. The number of halogens is 1. The van der Waals surface area contributed by atoms with E-state index < -0.39 is 0 Å². The molecule has 1 aromatic carbocycles. The van der Waals surface area contributed by atoms with Crippen LogP contribution in [0.1, 0.15) is 12.8 Å². The van der Waals surface area contributed by atoms with Gasteiger partial charge in [0.05, 0.1) is 12.2 Å². The zero-order valence-electron chi connectivity index (χ0n) is 9.49. The van der Waals surface area contributed by atoms with Gasteiger partial charge in [0.2, 0.25) is 5.91 Å². The third-order valence-corrected chi connectivity index (χ3v) is 2.68. The SMILES string of the molecule is NCCCC(=O)N1CCOc2cc(F)ccc21. The van der Waals surface area contributed by atoms with Crippen molar-refractivity contribution >= 4 is 11.6 Å². The number of carbonyl (C=O) groups is 1. The first-order valence-electron chi connectivity index (χ1n) is 5.65. The van der Waals surface area contributed by atoms with Crippen molar-refractivity contribution in [3.8, 4) is 5.75 Å². The van der Waals surface area contributed by atoms with Crippen molar-refractivity contribution in [1.29, 1.82) is 0 Å². The fourth-order valence-electron chi connectivity index (χ4n) is 1.84. The minimum Gasteiger partial charge on any atom is -0.489 e. The Balaban J connectivity index is 2.19. The van der Waals surface area contributed by atoms with E-state index in [9.17, 15) is 9.18 Å². The third kappa shape index (κ3) is 2.55. The number of rotatable bonds is 3. The van der Waals surface area contributed by atoms with Crippen molar-refractivity contribution in [2.75, 3.05) is 24.6 Å². The lowest BCUT2D eigenvalue weighted by molar-refractivity contribution is -0.118. The van der Waals surface area contributed by atoms with Gasteiger partial charge >= 0.3 is 0 Å². The Bertz CT molecular complexity index is 423. The maximum Gasteiger partial charge on any atom is 0.227 e. The molecule has 0 spiro atoms. The molecule has 0 aliphatic carbocycles. The van der Waals surface area contributed by atoms with Gasteiger partial charge in [-0.25, -0.2) is 4.39 Å². The minimum absolute atomic E-state index is 0.00612. The zero-order valence-corrected chi connectivity index (χ0v) is 9.49. The second-order valence-corrected chi connectivity index (χ2v) is 3.90. The Morgan fingerprint density at radius 3 is 3.12 bits per heavy atom. The van der Waals surface area contributed by atoms with Gasteiger partial charge in [0.15, 0.2) is 0 Å². The van der Waals surface area contributed by atoms with E-state index in [0.717, 1.165) is 0 Å². The summed E-state index contributed by atoms with van der Waals surface area (Å²) in [6, 6.07) is 4.21. The molecule has 2 N–H and O–H groups in total. The number of carbonyl (C=O) groups excluding carboxylic acids is 1. The van der Waals surface area contributed by atoms with Crippen LogP contribution < -0.4 is 15.4 Å². The highest BCUT2D eigenvalue weighted by Gasteiger charge is 2.23. The van der Waals surface area contributed by atoms with Gasteiger partial charge in [0.25, 0.3) is 0 Å². The smallest absolute Gasteiger partial charge is 0.227 e. The number of anilines is 1. The molecule has 0 saturated carbocycles. The van der Waals surface area contributed by atoms with Gasteiger partial charge in [-0.2, -0.15) is 0 Å². The molecule has 1 aliphatic rings. The second-order valence-electron chi connectivity index (χ2n) is 3.90. The van der Waals surface area contributed by atoms with Crippen LogP contribution in [0.4, 0.5) is 10.1 Å². The molecular formula is C12H15FN2O2. The fourth-order valence-corrected chi connectivity index (χ4v) is 1.84. The third-order valence-electron chi connectivity index (χ3n) is 2.68. The van der Waals surface area contributed by atoms with Crippen molar-refractivity contribution in [3.63, 3.8) is 0 Å². The molecule has 0 atom stereocenters. The van der Waals surface area contributed by atoms with Crippen LogP contribution in [-0.4, -0.2) is 25.6 Å². The van der Waals surface area contributed by atoms with Crippen molar-refractivity contribution in [3.05, 3.63) is 24.0 Å². The molecule has 1 aliphatic heterocycles. The molecule has 1 heterocycles. The molecule has 1 amide bonds.